The number of carbonyl (C=O) groups is 2. The van der Waals surface area contributed by atoms with Crippen LogP contribution in [0.15, 0.2) is 42.7 Å². The molecule has 0 saturated carbocycles. The van der Waals surface area contributed by atoms with E-state index in [-0.39, 0.29) is 43.1 Å². The van der Waals surface area contributed by atoms with Gasteiger partial charge in [0.1, 0.15) is 19.4 Å². The van der Waals surface area contributed by atoms with E-state index in [9.17, 15) is 9.59 Å². The average molecular weight is 498 g/mol. The number of pyridine rings is 1. The zero-order chi connectivity index (χ0) is 20.0. The van der Waals surface area contributed by atoms with Gasteiger partial charge in [-0.2, -0.15) is 0 Å². The summed E-state index contributed by atoms with van der Waals surface area (Å²) < 4.78 is 12.6. The summed E-state index contributed by atoms with van der Waals surface area (Å²) in [6.45, 7) is 7.39. The molecule has 1 heterocycles. The van der Waals surface area contributed by atoms with Crippen LogP contribution in [-0.4, -0.2) is 30.6 Å². The van der Waals surface area contributed by atoms with E-state index in [1.165, 1.54) is 0 Å². The molecule has 7 heteroatoms. The zero-order valence-electron chi connectivity index (χ0n) is 16.9. The smallest absolute Gasteiger partial charge is 0.344 e. The van der Waals surface area contributed by atoms with E-state index >= 15 is 0 Å². The standard InChI is InChI=1S/C21H26N2O4.HI/c1-15-6-7-18(16(2)12-15)26-13-19(24)27-14-21(3,4)22-20(25)17-8-10-23(5)11-9-17;/h6-12H,13-14H2,1-5H3;1H. The molecular formula is C21H27IN2O4. The Hall–Kier alpha value is -2.16. The van der Waals surface area contributed by atoms with Crippen LogP contribution in [0.4, 0.5) is 0 Å². The van der Waals surface area contributed by atoms with Gasteiger partial charge in [-0.05, 0) is 39.3 Å². The Bertz CT molecular complexity index is 820. The van der Waals surface area contributed by atoms with Gasteiger partial charge in [-0.1, -0.05) is 17.7 Å². The maximum absolute atomic E-state index is 12.3. The number of ether oxygens (including phenoxy) is 2. The molecule has 0 fully saturated rings. The van der Waals surface area contributed by atoms with Gasteiger partial charge in [-0.15, -0.1) is 0 Å². The van der Waals surface area contributed by atoms with Gasteiger partial charge in [0.15, 0.2) is 19.0 Å². The molecular weight excluding hydrogens is 471 g/mol. The molecule has 0 atom stereocenters. The van der Waals surface area contributed by atoms with Crippen molar-refractivity contribution in [3.63, 3.8) is 0 Å². The van der Waals surface area contributed by atoms with Crippen molar-refractivity contribution in [3.8, 4) is 5.75 Å². The number of aromatic nitrogens is 1. The molecule has 1 aromatic heterocycles. The van der Waals surface area contributed by atoms with Gasteiger partial charge in [0, 0.05) is 12.1 Å². The predicted molar refractivity (Wildman–Crippen MR) is 102 cm³/mol. The summed E-state index contributed by atoms with van der Waals surface area (Å²) in [6, 6.07) is 9.21. The number of esters is 1. The molecule has 0 spiro atoms. The summed E-state index contributed by atoms with van der Waals surface area (Å²) in [5, 5.41) is 2.87. The fraction of sp³-hybridized carbons (Fsp3) is 0.381. The van der Waals surface area contributed by atoms with Crippen LogP contribution in [0.25, 0.3) is 0 Å². The highest BCUT2D eigenvalue weighted by molar-refractivity contribution is 5.94. The topological polar surface area (TPSA) is 68.5 Å². The first-order chi connectivity index (χ1) is 12.7. The summed E-state index contributed by atoms with van der Waals surface area (Å²) in [4.78, 5) is 24.3. The Morgan fingerprint density at radius 3 is 2.36 bits per heavy atom. The van der Waals surface area contributed by atoms with Gasteiger partial charge in [-0.3, -0.25) is 4.79 Å². The molecule has 6 nitrogen and oxygen atoms in total. The lowest BCUT2D eigenvalue weighted by atomic mass is 10.1. The maximum atomic E-state index is 12.3. The number of nitrogens with one attached hydrogen (secondary N) is 1. The van der Waals surface area contributed by atoms with Crippen molar-refractivity contribution in [1.29, 1.82) is 0 Å². The molecule has 1 amide bonds. The number of halogens is 1. The molecule has 1 aromatic carbocycles. The molecule has 2 aromatic rings. The van der Waals surface area contributed by atoms with Crippen molar-refractivity contribution >= 4 is 11.9 Å². The minimum Gasteiger partial charge on any atom is -1.00 e. The van der Waals surface area contributed by atoms with Crippen LogP contribution in [0.2, 0.25) is 0 Å². The van der Waals surface area contributed by atoms with E-state index in [0.717, 1.165) is 11.1 Å². The van der Waals surface area contributed by atoms with Crippen LogP contribution in [0.5, 0.6) is 5.75 Å². The third kappa shape index (κ3) is 7.46. The van der Waals surface area contributed by atoms with E-state index < -0.39 is 11.5 Å². The molecule has 0 bridgehead atoms. The maximum Gasteiger partial charge on any atom is 0.344 e. The number of nitrogens with zero attached hydrogens (tertiary/aromatic N) is 1. The second-order valence-corrected chi connectivity index (χ2v) is 7.31. The number of carbonyl (C=O) groups excluding carboxylic acids is 2. The lowest BCUT2D eigenvalue weighted by Crippen LogP contribution is -3.00. The lowest BCUT2D eigenvalue weighted by molar-refractivity contribution is -0.671. The molecule has 0 radical (unpaired) electrons. The fourth-order valence-corrected chi connectivity index (χ4v) is 2.47. The van der Waals surface area contributed by atoms with Crippen LogP contribution in [0, 0.1) is 13.8 Å². The highest BCUT2D eigenvalue weighted by atomic mass is 127. The summed E-state index contributed by atoms with van der Waals surface area (Å²) in [5.74, 6) is -0.0467. The van der Waals surface area contributed by atoms with Gasteiger partial charge >= 0.3 is 5.97 Å². The van der Waals surface area contributed by atoms with Crippen LogP contribution in [0.1, 0.15) is 35.3 Å². The molecule has 0 unspecified atom stereocenters. The van der Waals surface area contributed by atoms with E-state index in [2.05, 4.69) is 5.32 Å². The monoisotopic (exact) mass is 498 g/mol. The molecule has 2 rings (SSSR count). The minimum atomic E-state index is -0.704. The van der Waals surface area contributed by atoms with Gasteiger partial charge in [0.25, 0.3) is 5.91 Å². The van der Waals surface area contributed by atoms with Crippen LogP contribution in [0.3, 0.4) is 0 Å². The number of rotatable bonds is 7. The zero-order valence-corrected chi connectivity index (χ0v) is 19.1. The first-order valence-corrected chi connectivity index (χ1v) is 8.80. The summed E-state index contributed by atoms with van der Waals surface area (Å²) >= 11 is 0. The highest BCUT2D eigenvalue weighted by Crippen LogP contribution is 2.18. The van der Waals surface area contributed by atoms with Crippen molar-refractivity contribution in [2.75, 3.05) is 13.2 Å². The van der Waals surface area contributed by atoms with E-state index in [1.807, 2.05) is 43.7 Å². The van der Waals surface area contributed by atoms with Gasteiger partial charge in [0.05, 0.1) is 11.1 Å². The molecule has 0 saturated heterocycles. The fourth-order valence-electron chi connectivity index (χ4n) is 2.47. The van der Waals surface area contributed by atoms with Crippen molar-refractivity contribution in [1.82, 2.24) is 5.32 Å². The van der Waals surface area contributed by atoms with E-state index in [4.69, 9.17) is 9.47 Å². The summed E-state index contributed by atoms with van der Waals surface area (Å²) in [7, 11) is 1.88. The Morgan fingerprint density at radius 1 is 1.11 bits per heavy atom. The average Bonchev–Trinajstić information content (AvgIpc) is 2.59. The van der Waals surface area contributed by atoms with Gasteiger partial charge < -0.3 is 38.8 Å². The number of benzene rings is 1. The highest BCUT2D eigenvalue weighted by Gasteiger charge is 2.24. The van der Waals surface area contributed by atoms with Crippen molar-refractivity contribution in [2.24, 2.45) is 7.05 Å². The number of aryl methyl sites for hydroxylation is 3. The molecule has 0 aliphatic carbocycles. The SMILES string of the molecule is Cc1ccc(OCC(=O)OCC(C)(C)NC(=O)c2cc[n+](C)cc2)c(C)c1.[I-]. The third-order valence-electron chi connectivity index (χ3n) is 3.96. The largest absolute Gasteiger partial charge is 1.00 e. The number of hydrogen-bond donors (Lipinski definition) is 1. The second-order valence-electron chi connectivity index (χ2n) is 7.31. The molecule has 1 N–H and O–H groups in total. The van der Waals surface area contributed by atoms with Crippen LogP contribution >= 0.6 is 0 Å². The Labute approximate surface area is 183 Å². The Balaban J connectivity index is 0.00000392. The molecule has 28 heavy (non-hydrogen) atoms. The summed E-state index contributed by atoms with van der Waals surface area (Å²) in [6.07, 6.45) is 3.60. The first-order valence-electron chi connectivity index (χ1n) is 8.80. The lowest BCUT2D eigenvalue weighted by Gasteiger charge is -2.25. The van der Waals surface area contributed by atoms with Crippen molar-refractivity contribution in [2.45, 2.75) is 33.2 Å². The first kappa shape index (κ1) is 23.9. The second kappa shape index (κ2) is 10.4. The van der Waals surface area contributed by atoms with Crippen molar-refractivity contribution < 1.29 is 47.6 Å². The number of hydrogen-bond acceptors (Lipinski definition) is 4. The number of amides is 1. The molecule has 0 aliphatic heterocycles. The Morgan fingerprint density at radius 2 is 1.75 bits per heavy atom. The third-order valence-corrected chi connectivity index (χ3v) is 3.96. The van der Waals surface area contributed by atoms with Gasteiger partial charge in [-0.25, -0.2) is 9.36 Å². The van der Waals surface area contributed by atoms with Gasteiger partial charge in [0.2, 0.25) is 0 Å². The quantitative estimate of drug-likeness (QED) is 0.311. The normalized spacial score (nSPS) is 10.6. The minimum absolute atomic E-state index is 0. The Kier molecular flexibility index (Phi) is 8.87. The summed E-state index contributed by atoms with van der Waals surface area (Å²) in [5.41, 5.74) is 1.94. The van der Waals surface area contributed by atoms with Crippen LogP contribution < -0.4 is 38.6 Å². The predicted octanol–water partition coefficient (Wildman–Crippen LogP) is -0.737. The van der Waals surface area contributed by atoms with E-state index in [1.54, 1.807) is 38.4 Å². The van der Waals surface area contributed by atoms with Crippen molar-refractivity contribution in [3.05, 3.63) is 59.4 Å². The van der Waals surface area contributed by atoms with Crippen LogP contribution in [-0.2, 0) is 16.6 Å². The molecule has 0 aliphatic rings. The van der Waals surface area contributed by atoms with E-state index in [0.29, 0.717) is 11.3 Å². The molecule has 152 valence electrons.